The van der Waals surface area contributed by atoms with Crippen molar-refractivity contribution in [3.05, 3.63) is 32.5 Å². The Kier molecular flexibility index (Phi) is 5.71. The molecule has 0 saturated heterocycles. The van der Waals surface area contributed by atoms with Gasteiger partial charge in [-0.2, -0.15) is 0 Å². The van der Waals surface area contributed by atoms with Crippen molar-refractivity contribution in [2.24, 2.45) is 0 Å². The molecule has 2 unspecified atom stereocenters. The lowest BCUT2D eigenvalue weighted by Gasteiger charge is -2.19. The number of esters is 1. The first-order valence-electron chi connectivity index (χ1n) is 5.05. The van der Waals surface area contributed by atoms with Gasteiger partial charge in [0.2, 0.25) is 0 Å². The Labute approximate surface area is 120 Å². The molecule has 2 atom stereocenters. The summed E-state index contributed by atoms with van der Waals surface area (Å²) in [7, 11) is 0. The van der Waals surface area contributed by atoms with Crippen LogP contribution >= 0.6 is 31.9 Å². The van der Waals surface area contributed by atoms with Crippen LogP contribution in [-0.2, 0) is 9.53 Å². The normalized spacial score (nSPS) is 14.1. The molecule has 100 valence electrons. The lowest BCUT2D eigenvalue weighted by molar-refractivity contribution is -0.159. The van der Waals surface area contributed by atoms with Crippen molar-refractivity contribution in [3.8, 4) is 0 Å². The lowest BCUT2D eigenvalue weighted by Crippen LogP contribution is -2.30. The number of hydrogen-bond donors (Lipinski definition) is 2. The summed E-state index contributed by atoms with van der Waals surface area (Å²) < 4.78 is 18.1. The van der Waals surface area contributed by atoms with Crippen LogP contribution in [-0.4, -0.2) is 28.9 Å². The molecule has 0 fully saturated rings. The van der Waals surface area contributed by atoms with Crippen molar-refractivity contribution in [1.82, 2.24) is 0 Å². The largest absolute Gasteiger partial charge is 0.464 e. The molecule has 0 saturated carbocycles. The number of carbonyl (C=O) groups is 1. The maximum absolute atomic E-state index is 13.1. The van der Waals surface area contributed by atoms with Crippen molar-refractivity contribution in [2.45, 2.75) is 19.1 Å². The Morgan fingerprint density at radius 1 is 1.39 bits per heavy atom. The van der Waals surface area contributed by atoms with E-state index in [4.69, 9.17) is 0 Å². The second kappa shape index (κ2) is 6.60. The van der Waals surface area contributed by atoms with Crippen molar-refractivity contribution in [2.75, 3.05) is 6.61 Å². The maximum atomic E-state index is 13.1. The fraction of sp³-hybridized carbons (Fsp3) is 0.364. The molecular weight excluding hydrogens is 375 g/mol. The number of benzene rings is 1. The van der Waals surface area contributed by atoms with Gasteiger partial charge in [-0.15, -0.1) is 0 Å². The Morgan fingerprint density at radius 2 is 1.89 bits per heavy atom. The molecule has 7 heteroatoms. The maximum Gasteiger partial charge on any atom is 0.338 e. The summed E-state index contributed by atoms with van der Waals surface area (Å²) in [6.07, 6.45) is -3.25. The Bertz CT molecular complexity index is 430. The third-order valence-corrected chi connectivity index (χ3v) is 3.48. The molecule has 0 bridgehead atoms. The molecule has 1 rings (SSSR count). The van der Waals surface area contributed by atoms with E-state index >= 15 is 0 Å². The van der Waals surface area contributed by atoms with E-state index in [1.54, 1.807) is 6.92 Å². The molecule has 0 spiro atoms. The van der Waals surface area contributed by atoms with E-state index in [1.165, 1.54) is 0 Å². The van der Waals surface area contributed by atoms with E-state index in [-0.39, 0.29) is 21.1 Å². The summed E-state index contributed by atoms with van der Waals surface area (Å²) >= 11 is 6.12. The monoisotopic (exact) mass is 384 g/mol. The highest BCUT2D eigenvalue weighted by Crippen LogP contribution is 2.33. The molecule has 0 aliphatic heterocycles. The van der Waals surface area contributed by atoms with Crippen LogP contribution in [0.25, 0.3) is 0 Å². The number of halogens is 3. The first-order chi connectivity index (χ1) is 8.38. The van der Waals surface area contributed by atoms with Crippen LogP contribution in [0.5, 0.6) is 0 Å². The molecule has 4 nitrogen and oxygen atoms in total. The van der Waals surface area contributed by atoms with Gasteiger partial charge in [-0.3, -0.25) is 0 Å². The first kappa shape index (κ1) is 15.6. The predicted molar refractivity (Wildman–Crippen MR) is 69.4 cm³/mol. The van der Waals surface area contributed by atoms with E-state index < -0.39 is 24.0 Å². The third-order valence-electron chi connectivity index (χ3n) is 2.17. The number of hydrogen-bond acceptors (Lipinski definition) is 4. The number of aliphatic hydroxyl groups excluding tert-OH is 2. The molecule has 18 heavy (non-hydrogen) atoms. The van der Waals surface area contributed by atoms with Gasteiger partial charge in [0.1, 0.15) is 11.9 Å². The summed E-state index contributed by atoms with van der Waals surface area (Å²) in [6, 6.07) is 2.25. The van der Waals surface area contributed by atoms with Crippen LogP contribution in [0.4, 0.5) is 4.39 Å². The number of ether oxygens (including phenoxy) is 1. The summed E-state index contributed by atoms with van der Waals surface area (Å²) in [4.78, 5) is 11.3. The average molecular weight is 386 g/mol. The highest BCUT2D eigenvalue weighted by molar-refractivity contribution is 9.11. The number of aliphatic hydroxyl groups is 2. The van der Waals surface area contributed by atoms with Gasteiger partial charge in [0.05, 0.1) is 6.61 Å². The van der Waals surface area contributed by atoms with Crippen LogP contribution in [0.1, 0.15) is 18.6 Å². The van der Waals surface area contributed by atoms with Gasteiger partial charge in [-0.1, -0.05) is 31.9 Å². The van der Waals surface area contributed by atoms with Crippen molar-refractivity contribution in [1.29, 1.82) is 0 Å². The molecule has 0 aliphatic rings. The topological polar surface area (TPSA) is 66.8 Å². The van der Waals surface area contributed by atoms with E-state index in [1.807, 2.05) is 0 Å². The predicted octanol–water partition coefficient (Wildman–Crippen LogP) is 2.31. The summed E-state index contributed by atoms with van der Waals surface area (Å²) in [5, 5.41) is 19.5. The van der Waals surface area contributed by atoms with Crippen LogP contribution in [0.2, 0.25) is 0 Å². The third kappa shape index (κ3) is 3.50. The minimum absolute atomic E-state index is 0.0916. The Balaban J connectivity index is 3.03. The molecule has 0 aliphatic carbocycles. The molecule has 0 radical (unpaired) electrons. The van der Waals surface area contributed by atoms with E-state index in [0.29, 0.717) is 0 Å². The molecule has 1 aromatic rings. The van der Waals surface area contributed by atoms with Crippen molar-refractivity contribution in [3.63, 3.8) is 0 Å². The van der Waals surface area contributed by atoms with Gasteiger partial charge < -0.3 is 14.9 Å². The standard InChI is InChI=1S/C11H11Br2FO4/c1-2-18-11(17)10(16)9(15)8-6(12)3-5(14)4-7(8)13/h3-4,9-10,15-16H,2H2,1H3. The Hall–Kier alpha value is -0.500. The second-order valence-corrected chi connectivity index (χ2v) is 5.13. The summed E-state index contributed by atoms with van der Waals surface area (Å²) in [5.74, 6) is -1.46. The first-order valence-corrected chi connectivity index (χ1v) is 6.64. The molecule has 2 N–H and O–H groups in total. The fourth-order valence-corrected chi connectivity index (χ4v) is 2.95. The molecule has 0 amide bonds. The molecule has 0 aromatic heterocycles. The van der Waals surface area contributed by atoms with Crippen LogP contribution in [0.3, 0.4) is 0 Å². The number of carbonyl (C=O) groups excluding carboxylic acids is 1. The molecule has 0 heterocycles. The van der Waals surface area contributed by atoms with Crippen LogP contribution < -0.4 is 0 Å². The van der Waals surface area contributed by atoms with Crippen LogP contribution in [0, 0.1) is 5.82 Å². The zero-order chi connectivity index (χ0) is 13.9. The van der Waals surface area contributed by atoms with E-state index in [2.05, 4.69) is 36.6 Å². The van der Waals surface area contributed by atoms with E-state index in [9.17, 15) is 19.4 Å². The van der Waals surface area contributed by atoms with Crippen molar-refractivity contribution >= 4 is 37.8 Å². The van der Waals surface area contributed by atoms with Crippen LogP contribution in [0.15, 0.2) is 21.1 Å². The van der Waals surface area contributed by atoms with Gasteiger partial charge >= 0.3 is 5.97 Å². The van der Waals surface area contributed by atoms with Gasteiger partial charge in [-0.05, 0) is 19.1 Å². The van der Waals surface area contributed by atoms with Gasteiger partial charge in [0.25, 0.3) is 0 Å². The van der Waals surface area contributed by atoms with E-state index in [0.717, 1.165) is 12.1 Å². The smallest absolute Gasteiger partial charge is 0.338 e. The van der Waals surface area contributed by atoms with Gasteiger partial charge in [0.15, 0.2) is 6.10 Å². The zero-order valence-electron chi connectivity index (χ0n) is 9.36. The van der Waals surface area contributed by atoms with Gasteiger partial charge in [-0.25, -0.2) is 9.18 Å². The van der Waals surface area contributed by atoms with Crippen molar-refractivity contribution < 1.29 is 24.1 Å². The average Bonchev–Trinajstić information content (AvgIpc) is 2.26. The quantitative estimate of drug-likeness (QED) is 0.780. The second-order valence-electron chi connectivity index (χ2n) is 3.42. The summed E-state index contributed by atoms with van der Waals surface area (Å²) in [6.45, 7) is 1.68. The lowest BCUT2D eigenvalue weighted by atomic mass is 10.0. The molecule has 1 aromatic carbocycles. The minimum atomic E-state index is -1.73. The SMILES string of the molecule is CCOC(=O)C(O)C(O)c1c(Br)cc(F)cc1Br. The Morgan fingerprint density at radius 3 is 2.33 bits per heavy atom. The van der Waals surface area contributed by atoms with Gasteiger partial charge in [0, 0.05) is 14.5 Å². The highest BCUT2D eigenvalue weighted by Gasteiger charge is 2.30. The fourth-order valence-electron chi connectivity index (χ4n) is 1.35. The highest BCUT2D eigenvalue weighted by atomic mass is 79.9. The minimum Gasteiger partial charge on any atom is -0.464 e. The summed E-state index contributed by atoms with van der Waals surface area (Å²) in [5.41, 5.74) is 0.178. The molecular formula is C11H11Br2FO4. The zero-order valence-corrected chi connectivity index (χ0v) is 12.5. The number of rotatable bonds is 4.